The number of rotatable bonds is 7. The molecule has 2 atom stereocenters. The van der Waals surface area contributed by atoms with E-state index in [0.717, 1.165) is 41.7 Å². The van der Waals surface area contributed by atoms with E-state index in [-0.39, 0.29) is 11.4 Å². The molecular weight excluding hydrogens is 378 g/mol. The van der Waals surface area contributed by atoms with Crippen molar-refractivity contribution >= 4 is 11.8 Å². The Bertz CT molecular complexity index is 918. The molecule has 2 unspecified atom stereocenters. The molecule has 3 aromatic rings. The van der Waals surface area contributed by atoms with Gasteiger partial charge in [-0.2, -0.15) is 4.98 Å². The average molecular weight is 401 g/mol. The highest BCUT2D eigenvalue weighted by molar-refractivity contribution is 7.99. The molecule has 0 radical (unpaired) electrons. The van der Waals surface area contributed by atoms with Crippen molar-refractivity contribution in [1.82, 2.24) is 24.9 Å². The van der Waals surface area contributed by atoms with Crippen LogP contribution in [0.5, 0.6) is 5.75 Å². The van der Waals surface area contributed by atoms with E-state index in [2.05, 4.69) is 24.9 Å². The van der Waals surface area contributed by atoms with Crippen molar-refractivity contribution in [3.8, 4) is 17.1 Å². The maximum absolute atomic E-state index is 5.86. The molecule has 9 heteroatoms. The predicted octanol–water partition coefficient (Wildman–Crippen LogP) is 3.68. The molecular formula is C19H23N5O3S. The van der Waals surface area contributed by atoms with Crippen LogP contribution in [0.1, 0.15) is 36.7 Å². The second kappa shape index (κ2) is 8.32. The Morgan fingerprint density at radius 3 is 2.75 bits per heavy atom. The number of hydrogen-bond donors (Lipinski definition) is 0. The van der Waals surface area contributed by atoms with E-state index < -0.39 is 0 Å². The van der Waals surface area contributed by atoms with Crippen LogP contribution in [0.2, 0.25) is 0 Å². The van der Waals surface area contributed by atoms with Crippen LogP contribution in [0.15, 0.2) is 33.9 Å². The average Bonchev–Trinajstić information content (AvgIpc) is 3.45. The molecule has 0 aliphatic carbocycles. The summed E-state index contributed by atoms with van der Waals surface area (Å²) < 4.78 is 18.6. The van der Waals surface area contributed by atoms with Gasteiger partial charge in [0.15, 0.2) is 16.8 Å². The lowest BCUT2D eigenvalue weighted by Crippen LogP contribution is -2.16. The van der Waals surface area contributed by atoms with Crippen LogP contribution >= 0.6 is 11.8 Å². The fourth-order valence-corrected chi connectivity index (χ4v) is 4.06. The summed E-state index contributed by atoms with van der Waals surface area (Å²) in [5, 5.41) is 13.6. The van der Waals surface area contributed by atoms with Gasteiger partial charge in [0.25, 0.3) is 0 Å². The van der Waals surface area contributed by atoms with E-state index >= 15 is 0 Å². The summed E-state index contributed by atoms with van der Waals surface area (Å²) in [6.45, 7) is 5.36. The molecule has 3 heterocycles. The van der Waals surface area contributed by atoms with E-state index in [4.69, 9.17) is 14.0 Å². The fraction of sp³-hybridized carbons (Fsp3) is 0.474. The van der Waals surface area contributed by atoms with Gasteiger partial charge in [-0.05, 0) is 51.0 Å². The standard InChI is InChI=1S/C19H23N5O3S/c1-12(18-20-13(2)23-27-18)28-19-22-21-17(14-6-8-15(25-3)9-7-14)24(19)11-16-5-4-10-26-16/h6-9,12,16H,4-5,10-11H2,1-3H3. The molecule has 8 nitrogen and oxygen atoms in total. The van der Waals surface area contributed by atoms with E-state index in [1.807, 2.05) is 38.1 Å². The Labute approximate surface area is 167 Å². The lowest BCUT2D eigenvalue weighted by molar-refractivity contribution is 0.0953. The molecule has 0 bridgehead atoms. The van der Waals surface area contributed by atoms with Crippen LogP contribution in [-0.2, 0) is 11.3 Å². The summed E-state index contributed by atoms with van der Waals surface area (Å²) in [5.41, 5.74) is 0.986. The Hall–Kier alpha value is -2.39. The van der Waals surface area contributed by atoms with E-state index in [9.17, 15) is 0 Å². The number of hydrogen-bond acceptors (Lipinski definition) is 8. The lowest BCUT2D eigenvalue weighted by Gasteiger charge is -2.15. The smallest absolute Gasteiger partial charge is 0.239 e. The Morgan fingerprint density at radius 2 is 2.11 bits per heavy atom. The third kappa shape index (κ3) is 4.05. The molecule has 0 saturated carbocycles. The molecule has 0 amide bonds. The quantitative estimate of drug-likeness (QED) is 0.554. The van der Waals surface area contributed by atoms with Gasteiger partial charge in [-0.15, -0.1) is 10.2 Å². The molecule has 1 aliphatic rings. The maximum Gasteiger partial charge on any atom is 0.239 e. The topological polar surface area (TPSA) is 88.1 Å². The summed E-state index contributed by atoms with van der Waals surface area (Å²) in [4.78, 5) is 4.33. The van der Waals surface area contributed by atoms with Gasteiger partial charge in [-0.1, -0.05) is 16.9 Å². The van der Waals surface area contributed by atoms with Crippen LogP contribution in [0.3, 0.4) is 0 Å². The van der Waals surface area contributed by atoms with Crippen molar-refractivity contribution in [3.05, 3.63) is 36.0 Å². The number of nitrogens with zero attached hydrogens (tertiary/aromatic N) is 5. The van der Waals surface area contributed by atoms with Gasteiger partial charge in [-0.25, -0.2) is 0 Å². The zero-order valence-corrected chi connectivity index (χ0v) is 17.0. The molecule has 148 valence electrons. The first-order chi connectivity index (χ1) is 13.6. The minimum atomic E-state index is -0.0302. The van der Waals surface area contributed by atoms with Crippen molar-refractivity contribution in [2.45, 2.75) is 49.7 Å². The highest BCUT2D eigenvalue weighted by Gasteiger charge is 2.24. The molecule has 0 N–H and O–H groups in total. The number of thioether (sulfide) groups is 1. The molecule has 28 heavy (non-hydrogen) atoms. The fourth-order valence-electron chi connectivity index (χ4n) is 3.17. The minimum Gasteiger partial charge on any atom is -0.497 e. The number of benzene rings is 1. The van der Waals surface area contributed by atoms with Crippen molar-refractivity contribution in [2.75, 3.05) is 13.7 Å². The van der Waals surface area contributed by atoms with Gasteiger partial charge >= 0.3 is 0 Å². The van der Waals surface area contributed by atoms with Crippen LogP contribution in [0.4, 0.5) is 0 Å². The Morgan fingerprint density at radius 1 is 1.29 bits per heavy atom. The summed E-state index contributed by atoms with van der Waals surface area (Å²) in [5.74, 6) is 2.83. The van der Waals surface area contributed by atoms with Gasteiger partial charge in [0, 0.05) is 12.2 Å². The highest BCUT2D eigenvalue weighted by Crippen LogP contribution is 2.35. The van der Waals surface area contributed by atoms with Crippen molar-refractivity contribution < 1.29 is 14.0 Å². The second-order valence-corrected chi connectivity index (χ2v) is 8.03. The van der Waals surface area contributed by atoms with Gasteiger partial charge in [-0.3, -0.25) is 4.57 Å². The Kier molecular flexibility index (Phi) is 5.63. The number of ether oxygens (including phenoxy) is 2. The maximum atomic E-state index is 5.86. The highest BCUT2D eigenvalue weighted by atomic mass is 32.2. The third-order valence-electron chi connectivity index (χ3n) is 4.65. The summed E-state index contributed by atoms with van der Waals surface area (Å²) >= 11 is 1.56. The van der Waals surface area contributed by atoms with Crippen molar-refractivity contribution in [1.29, 1.82) is 0 Å². The van der Waals surface area contributed by atoms with E-state index in [1.165, 1.54) is 0 Å². The van der Waals surface area contributed by atoms with Crippen LogP contribution in [-0.4, -0.2) is 44.7 Å². The zero-order chi connectivity index (χ0) is 19.5. The summed E-state index contributed by atoms with van der Waals surface area (Å²) in [7, 11) is 1.66. The first kappa shape index (κ1) is 18.9. The molecule has 4 rings (SSSR count). The predicted molar refractivity (Wildman–Crippen MR) is 104 cm³/mol. The largest absolute Gasteiger partial charge is 0.497 e. The van der Waals surface area contributed by atoms with Gasteiger partial charge in [0.05, 0.1) is 25.0 Å². The van der Waals surface area contributed by atoms with Gasteiger partial charge in [0.1, 0.15) is 5.75 Å². The minimum absolute atomic E-state index is 0.0302. The monoisotopic (exact) mass is 401 g/mol. The second-order valence-electron chi connectivity index (χ2n) is 6.72. The SMILES string of the molecule is COc1ccc(-c2nnc(SC(C)c3nc(C)no3)n2CC2CCCO2)cc1. The molecule has 1 fully saturated rings. The summed E-state index contributed by atoms with van der Waals surface area (Å²) in [6, 6.07) is 7.84. The van der Waals surface area contributed by atoms with Crippen LogP contribution in [0.25, 0.3) is 11.4 Å². The van der Waals surface area contributed by atoms with Crippen LogP contribution in [0, 0.1) is 6.92 Å². The number of aryl methyl sites for hydroxylation is 1. The van der Waals surface area contributed by atoms with Crippen molar-refractivity contribution in [3.63, 3.8) is 0 Å². The van der Waals surface area contributed by atoms with E-state index in [0.29, 0.717) is 18.3 Å². The van der Waals surface area contributed by atoms with Crippen molar-refractivity contribution in [2.24, 2.45) is 0 Å². The first-order valence-electron chi connectivity index (χ1n) is 9.30. The molecule has 0 spiro atoms. The molecule has 2 aromatic heterocycles. The summed E-state index contributed by atoms with van der Waals surface area (Å²) in [6.07, 6.45) is 2.31. The lowest BCUT2D eigenvalue weighted by atomic mass is 10.2. The van der Waals surface area contributed by atoms with Crippen LogP contribution < -0.4 is 4.74 Å². The normalized spacial score (nSPS) is 17.8. The Balaban J connectivity index is 1.63. The molecule has 1 aromatic carbocycles. The first-order valence-corrected chi connectivity index (χ1v) is 10.2. The third-order valence-corrected chi connectivity index (χ3v) is 5.72. The molecule has 1 aliphatic heterocycles. The zero-order valence-electron chi connectivity index (χ0n) is 16.2. The van der Waals surface area contributed by atoms with Gasteiger partial charge < -0.3 is 14.0 Å². The molecule has 1 saturated heterocycles. The van der Waals surface area contributed by atoms with Gasteiger partial charge in [0.2, 0.25) is 5.89 Å². The number of methoxy groups -OCH3 is 1. The van der Waals surface area contributed by atoms with E-state index in [1.54, 1.807) is 18.9 Å². The number of aromatic nitrogens is 5.